The first-order chi connectivity index (χ1) is 11.7. The molecule has 2 rings (SSSR count). The van der Waals surface area contributed by atoms with Crippen LogP contribution in [0.5, 0.6) is 0 Å². The van der Waals surface area contributed by atoms with Gasteiger partial charge in [0.05, 0.1) is 17.9 Å². The van der Waals surface area contributed by atoms with Crippen LogP contribution in [0.25, 0.3) is 0 Å². The predicted molar refractivity (Wildman–Crippen MR) is 103 cm³/mol. The van der Waals surface area contributed by atoms with Crippen molar-refractivity contribution in [3.8, 4) is 0 Å². The molecule has 0 N–H and O–H groups in total. The summed E-state index contributed by atoms with van der Waals surface area (Å²) in [7, 11) is -0.0627. The fraction of sp³-hybridized carbons (Fsp3) is 0.571. The molecule has 0 spiro atoms. The maximum Gasteiger partial charge on any atom is 0.322 e. The normalized spacial score (nSPS) is 25.0. The fourth-order valence-electron chi connectivity index (χ4n) is 3.93. The molecule has 1 aromatic rings. The average Bonchev–Trinajstić information content (AvgIpc) is 2.54. The summed E-state index contributed by atoms with van der Waals surface area (Å²) in [6.45, 7) is 12.6. The van der Waals surface area contributed by atoms with Gasteiger partial charge in [-0.25, -0.2) is 0 Å². The van der Waals surface area contributed by atoms with E-state index in [0.717, 1.165) is 30.4 Å². The monoisotopic (exact) mass is 362 g/mol. The zero-order valence-electron chi connectivity index (χ0n) is 16.0. The van der Waals surface area contributed by atoms with E-state index in [1.165, 1.54) is 7.11 Å². The Kier molecular flexibility index (Phi) is 6.26. The van der Waals surface area contributed by atoms with Crippen LogP contribution in [-0.2, 0) is 20.3 Å². The number of aryl methyl sites for hydroxylation is 1. The van der Waals surface area contributed by atoms with Gasteiger partial charge in [0, 0.05) is 4.90 Å². The van der Waals surface area contributed by atoms with Gasteiger partial charge in [-0.15, -0.1) is 0 Å². The average molecular weight is 363 g/mol. The topological polar surface area (TPSA) is 43.4 Å². The van der Waals surface area contributed by atoms with E-state index in [-0.39, 0.29) is 23.2 Å². The molecule has 1 fully saturated rings. The smallest absolute Gasteiger partial charge is 0.322 e. The molecule has 0 heterocycles. The van der Waals surface area contributed by atoms with Crippen molar-refractivity contribution >= 4 is 16.8 Å². The summed E-state index contributed by atoms with van der Waals surface area (Å²) in [5.74, 6) is -0.199. The van der Waals surface area contributed by atoms with E-state index in [2.05, 4.69) is 20.4 Å². The summed E-state index contributed by atoms with van der Waals surface area (Å²) in [6.07, 6.45) is 2.92. The summed E-state index contributed by atoms with van der Waals surface area (Å²) in [5, 5.41) is -0.658. The van der Waals surface area contributed by atoms with Crippen LogP contribution >= 0.6 is 0 Å². The molecule has 1 aliphatic rings. The summed E-state index contributed by atoms with van der Waals surface area (Å²) >= 11 is 0. The first-order valence-corrected chi connectivity index (χ1v) is 10.1. The standard InChI is InChI=1S/C21H30O3S/c1-14(2)17-11-12-21(4,5)13-18(17)19(20(22)24-6)25(23)16-9-7-15(3)8-10-16/h7-10,17-19H,1,11-13H2,2-6H3/t17-,18+,19+,25+/m1/s1. The van der Waals surface area contributed by atoms with Gasteiger partial charge >= 0.3 is 5.97 Å². The lowest BCUT2D eigenvalue weighted by Crippen LogP contribution is -2.44. The van der Waals surface area contributed by atoms with Crippen LogP contribution in [-0.4, -0.2) is 22.5 Å². The van der Waals surface area contributed by atoms with Gasteiger partial charge in [-0.2, -0.15) is 0 Å². The quantitative estimate of drug-likeness (QED) is 0.565. The summed E-state index contributed by atoms with van der Waals surface area (Å²) < 4.78 is 18.4. The number of benzene rings is 1. The molecule has 3 nitrogen and oxygen atoms in total. The fourth-order valence-corrected chi connectivity index (χ4v) is 5.50. The number of methoxy groups -OCH3 is 1. The lowest BCUT2D eigenvalue weighted by molar-refractivity contribution is -0.142. The first-order valence-electron chi connectivity index (χ1n) is 8.87. The van der Waals surface area contributed by atoms with Crippen LogP contribution in [0, 0.1) is 24.2 Å². The third-order valence-corrected chi connectivity index (χ3v) is 7.12. The lowest BCUT2D eigenvalue weighted by atomic mass is 9.64. The number of hydrogen-bond donors (Lipinski definition) is 0. The predicted octanol–water partition coefficient (Wildman–Crippen LogP) is 4.66. The van der Waals surface area contributed by atoms with E-state index >= 15 is 0 Å². The van der Waals surface area contributed by atoms with Crippen LogP contribution in [0.3, 0.4) is 0 Å². The van der Waals surface area contributed by atoms with Gasteiger partial charge in [0.1, 0.15) is 5.25 Å². The van der Waals surface area contributed by atoms with Gasteiger partial charge in [0.15, 0.2) is 0 Å². The van der Waals surface area contributed by atoms with Crippen LogP contribution in [0.1, 0.15) is 45.6 Å². The molecule has 1 saturated carbocycles. The largest absolute Gasteiger partial charge is 0.468 e. The molecule has 25 heavy (non-hydrogen) atoms. The zero-order valence-corrected chi connectivity index (χ0v) is 16.8. The highest BCUT2D eigenvalue weighted by atomic mass is 32.2. The van der Waals surface area contributed by atoms with Crippen molar-refractivity contribution in [1.29, 1.82) is 0 Å². The molecule has 0 unspecified atom stereocenters. The van der Waals surface area contributed by atoms with E-state index in [1.54, 1.807) is 0 Å². The molecule has 0 aromatic heterocycles. The molecule has 138 valence electrons. The number of carbonyl (C=O) groups excluding carboxylic acids is 1. The Morgan fingerprint density at radius 3 is 2.44 bits per heavy atom. The minimum atomic E-state index is -1.44. The maximum absolute atomic E-state index is 13.3. The van der Waals surface area contributed by atoms with Crippen LogP contribution in [0.2, 0.25) is 0 Å². The van der Waals surface area contributed by atoms with E-state index in [4.69, 9.17) is 4.74 Å². The molecule has 1 aromatic carbocycles. The molecule has 0 radical (unpaired) electrons. The molecule has 4 heteroatoms. The Bertz CT molecular complexity index is 660. The van der Waals surface area contributed by atoms with Gasteiger partial charge in [-0.05, 0) is 62.5 Å². The number of hydrogen-bond acceptors (Lipinski definition) is 3. The van der Waals surface area contributed by atoms with E-state index < -0.39 is 16.0 Å². The Morgan fingerprint density at radius 1 is 1.32 bits per heavy atom. The van der Waals surface area contributed by atoms with Crippen molar-refractivity contribution < 1.29 is 13.7 Å². The SMILES string of the molecule is C=C(C)[C@H]1CCC(C)(C)C[C@@H]1[C@@H](C(=O)OC)[S@@](=O)c1ccc(C)cc1. The van der Waals surface area contributed by atoms with E-state index in [1.807, 2.05) is 38.1 Å². The molecule has 0 aliphatic heterocycles. The van der Waals surface area contributed by atoms with Crippen molar-refractivity contribution in [3.05, 3.63) is 42.0 Å². The van der Waals surface area contributed by atoms with Gasteiger partial charge in [-0.3, -0.25) is 9.00 Å². The van der Waals surface area contributed by atoms with Crippen molar-refractivity contribution in [3.63, 3.8) is 0 Å². The van der Waals surface area contributed by atoms with Crippen molar-refractivity contribution in [1.82, 2.24) is 0 Å². The molecule has 0 amide bonds. The molecule has 0 bridgehead atoms. The second-order valence-corrected chi connectivity index (χ2v) is 9.65. The summed E-state index contributed by atoms with van der Waals surface area (Å²) in [6, 6.07) is 7.57. The first kappa shape index (κ1) is 19.9. The Balaban J connectivity index is 2.43. The van der Waals surface area contributed by atoms with Gasteiger partial charge in [-0.1, -0.05) is 43.7 Å². The minimum absolute atomic E-state index is 0.0177. The zero-order chi connectivity index (χ0) is 18.8. The highest BCUT2D eigenvalue weighted by Gasteiger charge is 2.45. The van der Waals surface area contributed by atoms with Crippen LogP contribution in [0.4, 0.5) is 0 Å². The Hall–Kier alpha value is -1.42. The van der Waals surface area contributed by atoms with Gasteiger partial charge in [0.2, 0.25) is 0 Å². The number of ether oxygens (including phenoxy) is 1. The third-order valence-electron chi connectivity index (χ3n) is 5.38. The Morgan fingerprint density at radius 2 is 1.92 bits per heavy atom. The van der Waals surface area contributed by atoms with Crippen molar-refractivity contribution in [2.75, 3.05) is 7.11 Å². The molecule has 1 aliphatic carbocycles. The van der Waals surface area contributed by atoms with Gasteiger partial charge in [0.25, 0.3) is 0 Å². The van der Waals surface area contributed by atoms with Crippen LogP contribution < -0.4 is 0 Å². The highest BCUT2D eigenvalue weighted by Crippen LogP contribution is 2.47. The maximum atomic E-state index is 13.3. The van der Waals surface area contributed by atoms with Gasteiger partial charge < -0.3 is 4.74 Å². The van der Waals surface area contributed by atoms with Crippen LogP contribution in [0.15, 0.2) is 41.3 Å². The third kappa shape index (κ3) is 4.60. The van der Waals surface area contributed by atoms with E-state index in [0.29, 0.717) is 4.90 Å². The second kappa shape index (κ2) is 7.86. The number of allylic oxidation sites excluding steroid dienone is 1. The highest BCUT2D eigenvalue weighted by molar-refractivity contribution is 7.86. The minimum Gasteiger partial charge on any atom is -0.468 e. The second-order valence-electron chi connectivity index (χ2n) is 8.08. The molecule has 0 saturated heterocycles. The molecular weight excluding hydrogens is 332 g/mol. The Labute approximate surface area is 154 Å². The summed E-state index contributed by atoms with van der Waals surface area (Å²) in [4.78, 5) is 13.3. The summed E-state index contributed by atoms with van der Waals surface area (Å²) in [5.41, 5.74) is 2.30. The number of esters is 1. The number of rotatable bonds is 5. The van der Waals surface area contributed by atoms with E-state index in [9.17, 15) is 9.00 Å². The van der Waals surface area contributed by atoms with Crippen molar-refractivity contribution in [2.45, 2.75) is 57.1 Å². The molecule has 4 atom stereocenters. The number of carbonyl (C=O) groups is 1. The molecular formula is C21H30O3S. The van der Waals surface area contributed by atoms with Crippen molar-refractivity contribution in [2.24, 2.45) is 17.3 Å². The lowest BCUT2D eigenvalue weighted by Gasteiger charge is -2.43.